The van der Waals surface area contributed by atoms with Gasteiger partial charge in [0.1, 0.15) is 11.6 Å². The third-order valence-electron chi connectivity index (χ3n) is 27.5. The lowest BCUT2D eigenvalue weighted by Crippen LogP contribution is -2.43. The van der Waals surface area contributed by atoms with Crippen molar-refractivity contribution in [3.63, 3.8) is 0 Å². The van der Waals surface area contributed by atoms with E-state index in [1.54, 1.807) is 101 Å². The minimum Gasteiger partial charge on any atom is -0.495 e. The van der Waals surface area contributed by atoms with E-state index < -0.39 is 27.6 Å². The molecule has 0 radical (unpaired) electrons. The first-order valence-electron chi connectivity index (χ1n) is 47.2. The molecule has 722 valence electrons. The summed E-state index contributed by atoms with van der Waals surface area (Å²) < 4.78 is 11.2. The highest BCUT2D eigenvalue weighted by atomic mass is 79.9. The van der Waals surface area contributed by atoms with Crippen LogP contribution in [0.3, 0.4) is 0 Å². The molecule has 3 aliphatic carbocycles. The number of likely N-dealkylation sites (tertiary alicyclic amines) is 1. The van der Waals surface area contributed by atoms with Gasteiger partial charge in [-0.1, -0.05) is 258 Å². The summed E-state index contributed by atoms with van der Waals surface area (Å²) in [5, 5.41) is 14.9. The number of aliphatic imine (C=N–C) groups is 4. The van der Waals surface area contributed by atoms with Crippen LogP contribution in [0.15, 0.2) is 338 Å². The number of aryl methyl sites for hydroxylation is 1. The van der Waals surface area contributed by atoms with Gasteiger partial charge in [0.15, 0.2) is 51.8 Å². The summed E-state index contributed by atoms with van der Waals surface area (Å²) in [7, 11) is 6.62. The highest BCUT2D eigenvalue weighted by Gasteiger charge is 2.61. The Labute approximate surface area is 847 Å². The maximum atomic E-state index is 13.9. The van der Waals surface area contributed by atoms with Gasteiger partial charge in [0.2, 0.25) is 5.91 Å². The van der Waals surface area contributed by atoms with E-state index in [4.69, 9.17) is 65.7 Å². The Balaban J connectivity index is 0.000000124. The number of nitrogens with two attached hydrogens (primary N) is 4. The molecule has 142 heavy (non-hydrogen) atoms. The van der Waals surface area contributed by atoms with Gasteiger partial charge >= 0.3 is 0 Å². The third kappa shape index (κ3) is 20.7. The Kier molecular flexibility index (Phi) is 29.5. The summed E-state index contributed by atoms with van der Waals surface area (Å²) in [5.41, 5.74) is 34.8. The zero-order chi connectivity index (χ0) is 99.8. The number of hydrogen-bond donors (Lipinski definition) is 6. The number of likely N-dealkylation sites (N-methyl/N-ethyl adjacent to an activating group) is 3. The number of furan rings is 1. The number of carbonyl (C=O) groups is 7. The highest BCUT2D eigenvalue weighted by Crippen LogP contribution is 2.56. The van der Waals surface area contributed by atoms with Gasteiger partial charge in [-0.3, -0.25) is 68.5 Å². The molecule has 29 heteroatoms. The first-order chi connectivity index (χ1) is 68.5. The van der Waals surface area contributed by atoms with E-state index in [0.29, 0.717) is 76.9 Å². The fourth-order valence-electron chi connectivity index (χ4n) is 19.2. The van der Waals surface area contributed by atoms with E-state index in [2.05, 4.69) is 71.5 Å². The van der Waals surface area contributed by atoms with Crippen LogP contribution in [0.1, 0.15) is 147 Å². The summed E-state index contributed by atoms with van der Waals surface area (Å²) in [6.45, 7) is 2.89. The second-order valence-corrected chi connectivity index (χ2v) is 39.6. The van der Waals surface area contributed by atoms with Crippen LogP contribution in [0.25, 0.3) is 33.4 Å². The average Bonchev–Trinajstić information content (AvgIpc) is 1.57. The Hall–Kier alpha value is -14.8. The largest absolute Gasteiger partial charge is 0.495 e. The van der Waals surface area contributed by atoms with E-state index in [0.717, 1.165) is 144 Å². The summed E-state index contributed by atoms with van der Waals surface area (Å²) >= 11 is 17.6. The van der Waals surface area contributed by atoms with Gasteiger partial charge < -0.3 is 37.4 Å². The SMILES string of the molecule is CN1C(=O)C(C)(c2cccc(-c3cc(Cl)ccc3CCCC(=O)c3ccccc3)c2)N=C1N.CN1C(=O)C(CC2CC2)(c2cccc(Br)c2)N=C1N.COc1cncc(-c2csc(C3(C4CC4)N=C(N)N(C)C3=O)c2)c1.N=C1CC(c2cccc(-c3cccc(Cl)c3)c2)(C2CC2)C(=O)N1CCc1ccccc1.NC1=NC(c2ccccc2)(c2ccccc2)C(=O)N1Cc1cccc(C(=O)NCc2ccoc2)c1. The molecule has 10 aromatic carbocycles. The molecule has 1 saturated heterocycles. The van der Waals surface area contributed by atoms with Gasteiger partial charge in [-0.15, -0.1) is 11.3 Å². The summed E-state index contributed by atoms with van der Waals surface area (Å²) in [5.74, 6) is 2.82. The monoisotopic (exact) mass is 2010 g/mol. The number of ketones is 1. The molecule has 4 atom stereocenters. The number of nitrogens with zero attached hydrogens (tertiary/aromatic N) is 10. The fraction of sp³-hybridized carbons (Fsp3) is 0.248. The number of guanidine groups is 4. The number of nitrogens with one attached hydrogen (secondary N) is 2. The number of Topliss-reactive ketones (excluding diaryl/α,β-unsaturated/α-hetero) is 1. The van der Waals surface area contributed by atoms with Gasteiger partial charge in [0, 0.05) is 94.9 Å². The molecule has 13 aromatic rings. The standard InChI is InChI=1S/C28H24N4O3.C27H26ClN3O2.C27H25ClN2O.C17H18N4O2S.C14H16BrN3O/c29-27-31-28(23-10-3-1-4-11-23,24-12-5-2-6-13-24)26(34)32(27)18-20-8-7-9-22(16-20)25(33)30-17-21-14-15-35-19-21;1-27(25(33)31(2)26(29)30-27)21-12-6-11-20(16-21)23-17-22(28)15-14-18(23)10-7-13-24(32)19-8-4-3-5-9-19;28-24-11-5-9-21(17-24)20-8-4-10-23(16-20)27(22-12-13-22)18-25(29)30(26(27)31)15-14-19-6-2-1-3-7-19;1-21-15(22)17(12-3-4-12,20-16(21)18)14-6-11(9-24-14)10-5-13(23-2)8-19-7-10;1-18-12(19)14(17-13(18)16,8-9-5-6-9)10-3-2-4-11(15)7-10/h1-16,19H,17-18H2,(H2,29,31)(H,30,33);3-6,8-9,11-12,14-17H,7,10,13H2,1-2H3,(H2,29,30);1-11,16-17,22,29H,12-15,18H2;5-9,12H,3-4H2,1-2H3,(H2,18,20);2-4,7,9H,5-6,8H2,1H3,(H2,16,17). The van der Waals surface area contributed by atoms with Crippen molar-refractivity contribution in [2.75, 3.05) is 34.8 Å². The van der Waals surface area contributed by atoms with Crippen LogP contribution in [0.2, 0.25) is 10.0 Å². The molecular formula is C113H109BrCl2N16O9S. The van der Waals surface area contributed by atoms with E-state index in [1.165, 1.54) is 38.0 Å². The minimum atomic E-state index is -1.26. The molecule has 10 N–H and O–H groups in total. The minimum absolute atomic E-state index is 0.0185. The molecule has 3 aromatic heterocycles. The van der Waals surface area contributed by atoms with Crippen LogP contribution in [0, 0.1) is 23.2 Å². The molecule has 4 fully saturated rings. The van der Waals surface area contributed by atoms with Crippen LogP contribution in [0.4, 0.5) is 0 Å². The number of thiophene rings is 1. The van der Waals surface area contributed by atoms with Crippen LogP contribution in [-0.2, 0) is 77.5 Å². The van der Waals surface area contributed by atoms with Crippen molar-refractivity contribution in [1.29, 1.82) is 5.41 Å². The number of rotatable bonds is 27. The van der Waals surface area contributed by atoms with Gasteiger partial charge in [-0.05, 0) is 227 Å². The molecule has 3 saturated carbocycles. The quantitative estimate of drug-likeness (QED) is 0.0261. The predicted molar refractivity (Wildman–Crippen MR) is 560 cm³/mol. The zero-order valence-corrected chi connectivity index (χ0v) is 83.2. The van der Waals surface area contributed by atoms with Crippen molar-refractivity contribution < 1.29 is 42.7 Å². The molecule has 25 nitrogen and oxygen atoms in total. The first-order valence-corrected chi connectivity index (χ1v) is 49.7. The maximum Gasteiger partial charge on any atom is 0.266 e. The normalized spacial score (nSPS) is 19.9. The molecule has 4 unspecified atom stereocenters. The number of methoxy groups -OCH3 is 1. The smallest absolute Gasteiger partial charge is 0.266 e. The number of benzene rings is 10. The number of amides is 6. The lowest BCUT2D eigenvalue weighted by Gasteiger charge is -2.28. The van der Waals surface area contributed by atoms with Crippen molar-refractivity contribution >= 4 is 121 Å². The van der Waals surface area contributed by atoms with Crippen molar-refractivity contribution in [2.45, 2.75) is 125 Å². The zero-order valence-electron chi connectivity index (χ0n) is 79.3. The molecule has 0 bridgehead atoms. The number of hydrogen-bond acceptors (Lipinski definition) is 20. The number of amidine groups is 1. The highest BCUT2D eigenvalue weighted by molar-refractivity contribution is 9.10. The van der Waals surface area contributed by atoms with Crippen LogP contribution in [-0.4, -0.2) is 135 Å². The summed E-state index contributed by atoms with van der Waals surface area (Å²) in [6.07, 6.45) is 17.0. The van der Waals surface area contributed by atoms with E-state index in [1.807, 2.05) is 230 Å². The first kappa shape index (κ1) is 98.8. The topological polar surface area (TPSA) is 360 Å². The summed E-state index contributed by atoms with van der Waals surface area (Å²) in [6, 6.07) is 88.8. The van der Waals surface area contributed by atoms with Gasteiger partial charge in [-0.25, -0.2) is 20.0 Å². The number of carbonyl (C=O) groups excluding carboxylic acids is 7. The molecule has 8 aliphatic rings. The van der Waals surface area contributed by atoms with Gasteiger partial charge in [0.25, 0.3) is 29.5 Å². The maximum absolute atomic E-state index is 13.9. The number of halogens is 3. The Morgan fingerprint density at radius 1 is 0.521 bits per heavy atom. The molecule has 5 aliphatic heterocycles. The number of ether oxygens (including phenoxy) is 1. The van der Waals surface area contributed by atoms with Crippen molar-refractivity contribution in [3.8, 4) is 39.1 Å². The van der Waals surface area contributed by atoms with Crippen molar-refractivity contribution in [1.82, 2.24) is 34.8 Å². The second-order valence-electron chi connectivity index (χ2n) is 36.9. The molecule has 21 rings (SSSR count). The van der Waals surface area contributed by atoms with Gasteiger partial charge in [0.05, 0.1) is 37.8 Å². The number of pyridine rings is 1. The Bertz CT molecular complexity index is 7020. The van der Waals surface area contributed by atoms with E-state index in [9.17, 15) is 33.6 Å². The Morgan fingerprint density at radius 2 is 1.11 bits per heavy atom. The van der Waals surface area contributed by atoms with Crippen LogP contribution in [0.5, 0.6) is 5.75 Å². The van der Waals surface area contributed by atoms with Crippen molar-refractivity contribution in [2.24, 2.45) is 60.7 Å². The molecule has 8 heterocycles. The lowest BCUT2D eigenvalue weighted by molar-refractivity contribution is -0.132. The Morgan fingerprint density at radius 3 is 1.74 bits per heavy atom. The molecular weight excluding hydrogens is 1910 g/mol. The molecule has 6 amide bonds. The third-order valence-corrected chi connectivity index (χ3v) is 29.5. The van der Waals surface area contributed by atoms with E-state index >= 15 is 0 Å². The van der Waals surface area contributed by atoms with Crippen molar-refractivity contribution in [3.05, 3.63) is 390 Å². The fourth-order valence-corrected chi connectivity index (χ4v) is 21.1. The lowest BCUT2D eigenvalue weighted by atomic mass is 9.73. The summed E-state index contributed by atoms with van der Waals surface area (Å²) in [4.78, 5) is 122. The second kappa shape index (κ2) is 42.3. The van der Waals surface area contributed by atoms with Gasteiger partial charge in [-0.2, -0.15) is 0 Å². The van der Waals surface area contributed by atoms with Crippen LogP contribution < -0.4 is 33.0 Å². The van der Waals surface area contributed by atoms with Crippen LogP contribution >= 0.6 is 50.5 Å². The number of aromatic nitrogens is 1. The average molecular weight is 2020 g/mol. The predicted octanol–water partition coefficient (Wildman–Crippen LogP) is 19.6. The molecule has 0 spiro atoms. The van der Waals surface area contributed by atoms with E-state index in [-0.39, 0.29) is 65.6 Å².